The molecule has 1 amide bonds. The lowest BCUT2D eigenvalue weighted by Crippen LogP contribution is -2.45. The van der Waals surface area contributed by atoms with Crippen molar-refractivity contribution in [2.24, 2.45) is 0 Å². The smallest absolute Gasteiger partial charge is 0.417 e. The lowest BCUT2D eigenvalue weighted by Gasteiger charge is -2.17. The van der Waals surface area contributed by atoms with Gasteiger partial charge in [-0.1, -0.05) is 18.2 Å². The number of amides is 1. The monoisotopic (exact) mass is 444 g/mol. The summed E-state index contributed by atoms with van der Waals surface area (Å²) in [6.07, 6.45) is -4.40. The third-order valence-electron chi connectivity index (χ3n) is 4.36. The quantitative estimate of drug-likeness (QED) is 0.684. The standard InChI is InChI=1S/C19H19F3N2O5S/c1-12(24-30(26,27)17-5-3-2-4-14(17)19(20,21)22)18(25)23-9-8-13-6-7-15-16(10-13)29-11-28-15/h2-7,10,12,24H,8-9,11H2,1H3,(H,23,25). The number of benzene rings is 2. The molecule has 1 heterocycles. The van der Waals surface area contributed by atoms with Gasteiger partial charge in [-0.15, -0.1) is 0 Å². The molecule has 0 saturated heterocycles. The molecule has 0 fully saturated rings. The van der Waals surface area contributed by atoms with Gasteiger partial charge in [0.1, 0.15) is 0 Å². The van der Waals surface area contributed by atoms with Crippen molar-refractivity contribution in [3.05, 3.63) is 53.6 Å². The molecule has 1 aliphatic rings. The number of hydrogen-bond donors (Lipinski definition) is 2. The SMILES string of the molecule is CC(NS(=O)(=O)c1ccccc1C(F)(F)F)C(=O)NCCc1ccc2c(c1)OCO2. The van der Waals surface area contributed by atoms with Gasteiger partial charge in [0.05, 0.1) is 16.5 Å². The molecule has 1 aliphatic heterocycles. The zero-order valence-corrected chi connectivity index (χ0v) is 16.6. The molecule has 3 rings (SSSR count). The third kappa shape index (κ3) is 5.03. The number of nitrogens with one attached hydrogen (secondary N) is 2. The summed E-state index contributed by atoms with van der Waals surface area (Å²) in [6, 6.07) is 7.84. The number of hydrogen-bond acceptors (Lipinski definition) is 5. The zero-order chi connectivity index (χ0) is 21.9. The van der Waals surface area contributed by atoms with Crippen LogP contribution in [-0.2, 0) is 27.4 Å². The van der Waals surface area contributed by atoms with Gasteiger partial charge >= 0.3 is 6.18 Å². The van der Waals surface area contributed by atoms with Crippen molar-refractivity contribution in [1.29, 1.82) is 0 Å². The summed E-state index contributed by atoms with van der Waals surface area (Å²) in [4.78, 5) is 11.3. The maximum absolute atomic E-state index is 13.1. The average molecular weight is 444 g/mol. The molecular formula is C19H19F3N2O5S. The molecule has 0 radical (unpaired) electrons. The van der Waals surface area contributed by atoms with Crippen molar-refractivity contribution in [3.8, 4) is 11.5 Å². The third-order valence-corrected chi connectivity index (χ3v) is 5.96. The fourth-order valence-electron chi connectivity index (χ4n) is 2.86. The minimum Gasteiger partial charge on any atom is -0.454 e. The molecule has 1 atom stereocenters. The van der Waals surface area contributed by atoms with Crippen LogP contribution < -0.4 is 19.5 Å². The van der Waals surface area contributed by atoms with E-state index in [9.17, 15) is 26.4 Å². The highest BCUT2D eigenvalue weighted by molar-refractivity contribution is 7.89. The second-order valence-electron chi connectivity index (χ2n) is 6.57. The van der Waals surface area contributed by atoms with Gasteiger partial charge in [-0.3, -0.25) is 4.79 Å². The molecule has 30 heavy (non-hydrogen) atoms. The van der Waals surface area contributed by atoms with E-state index >= 15 is 0 Å². The van der Waals surface area contributed by atoms with Crippen LogP contribution in [0.2, 0.25) is 0 Å². The number of fused-ring (bicyclic) bond motifs is 1. The number of carbonyl (C=O) groups excluding carboxylic acids is 1. The molecule has 0 bridgehead atoms. The van der Waals surface area contributed by atoms with Crippen LogP contribution in [0.1, 0.15) is 18.1 Å². The van der Waals surface area contributed by atoms with Gasteiger partial charge in [-0.25, -0.2) is 8.42 Å². The van der Waals surface area contributed by atoms with E-state index in [4.69, 9.17) is 9.47 Å². The molecule has 2 aromatic rings. The summed E-state index contributed by atoms with van der Waals surface area (Å²) < 4.78 is 76.6. The predicted molar refractivity (Wildman–Crippen MR) is 101 cm³/mol. The van der Waals surface area contributed by atoms with E-state index in [0.29, 0.717) is 24.0 Å². The van der Waals surface area contributed by atoms with E-state index in [-0.39, 0.29) is 13.3 Å². The minimum atomic E-state index is -4.85. The maximum atomic E-state index is 13.1. The van der Waals surface area contributed by atoms with Crippen LogP contribution in [0.5, 0.6) is 11.5 Å². The summed E-state index contributed by atoms with van der Waals surface area (Å²) in [5.74, 6) is 0.567. The first-order chi connectivity index (χ1) is 14.1. The summed E-state index contributed by atoms with van der Waals surface area (Å²) in [5.41, 5.74) is -0.431. The molecule has 0 aromatic heterocycles. The van der Waals surface area contributed by atoms with Crippen molar-refractivity contribution < 1.29 is 35.9 Å². The van der Waals surface area contributed by atoms with Gasteiger partial charge in [-0.2, -0.15) is 17.9 Å². The van der Waals surface area contributed by atoms with Crippen LogP contribution in [0.15, 0.2) is 47.4 Å². The fraction of sp³-hybridized carbons (Fsp3) is 0.316. The van der Waals surface area contributed by atoms with Crippen molar-refractivity contribution >= 4 is 15.9 Å². The second-order valence-corrected chi connectivity index (χ2v) is 8.25. The predicted octanol–water partition coefficient (Wildman–Crippen LogP) is 2.46. The van der Waals surface area contributed by atoms with Crippen molar-refractivity contribution in [3.63, 3.8) is 0 Å². The Hall–Kier alpha value is -2.79. The van der Waals surface area contributed by atoms with Crippen LogP contribution in [-0.4, -0.2) is 33.7 Å². The van der Waals surface area contributed by atoms with Gasteiger partial charge in [0, 0.05) is 6.54 Å². The summed E-state index contributed by atoms with van der Waals surface area (Å²) in [5, 5.41) is 2.56. The van der Waals surface area contributed by atoms with Crippen molar-refractivity contribution in [1.82, 2.24) is 10.0 Å². The van der Waals surface area contributed by atoms with Crippen LogP contribution in [0.4, 0.5) is 13.2 Å². The number of ether oxygens (including phenoxy) is 2. The Morgan fingerprint density at radius 3 is 2.57 bits per heavy atom. The first-order valence-corrected chi connectivity index (χ1v) is 10.4. The number of rotatable bonds is 7. The van der Waals surface area contributed by atoms with Gasteiger partial charge in [0.25, 0.3) is 0 Å². The Morgan fingerprint density at radius 2 is 1.83 bits per heavy atom. The van der Waals surface area contributed by atoms with Crippen molar-refractivity contribution in [2.75, 3.05) is 13.3 Å². The maximum Gasteiger partial charge on any atom is 0.417 e. The summed E-state index contributed by atoms with van der Waals surface area (Å²) in [7, 11) is -4.56. The molecular weight excluding hydrogens is 425 g/mol. The van der Waals surface area contributed by atoms with Crippen LogP contribution in [0, 0.1) is 0 Å². The molecule has 0 spiro atoms. The zero-order valence-electron chi connectivity index (χ0n) is 15.8. The Balaban J connectivity index is 1.59. The van der Waals surface area contributed by atoms with Gasteiger partial charge in [-0.05, 0) is 43.2 Å². The Bertz CT molecular complexity index is 1040. The number of sulfonamides is 1. The molecule has 0 aliphatic carbocycles. The lowest BCUT2D eigenvalue weighted by atomic mass is 10.1. The summed E-state index contributed by atoms with van der Waals surface area (Å²) in [6.45, 7) is 1.60. The molecule has 7 nitrogen and oxygen atoms in total. The second kappa shape index (κ2) is 8.52. The molecule has 0 saturated carbocycles. The van der Waals surface area contributed by atoms with Crippen LogP contribution >= 0.6 is 0 Å². The first kappa shape index (κ1) is 21.9. The van der Waals surface area contributed by atoms with E-state index in [1.165, 1.54) is 13.0 Å². The van der Waals surface area contributed by atoms with E-state index in [1.807, 2.05) is 4.72 Å². The largest absolute Gasteiger partial charge is 0.454 e. The normalized spacial score (nSPS) is 14.4. The highest BCUT2D eigenvalue weighted by atomic mass is 32.2. The van der Waals surface area contributed by atoms with Gasteiger partial charge < -0.3 is 14.8 Å². The lowest BCUT2D eigenvalue weighted by molar-refractivity contribution is -0.139. The number of halogens is 3. The molecule has 1 unspecified atom stereocenters. The highest BCUT2D eigenvalue weighted by Crippen LogP contribution is 2.34. The van der Waals surface area contributed by atoms with E-state index in [0.717, 1.165) is 17.7 Å². The van der Waals surface area contributed by atoms with E-state index in [1.54, 1.807) is 18.2 Å². The molecule has 2 aromatic carbocycles. The highest BCUT2D eigenvalue weighted by Gasteiger charge is 2.37. The van der Waals surface area contributed by atoms with Gasteiger partial charge in [0.2, 0.25) is 22.7 Å². The Labute approximate surface area is 171 Å². The summed E-state index contributed by atoms with van der Waals surface area (Å²) >= 11 is 0. The Kier molecular flexibility index (Phi) is 6.22. The van der Waals surface area contributed by atoms with Crippen LogP contribution in [0.25, 0.3) is 0 Å². The van der Waals surface area contributed by atoms with Crippen molar-refractivity contribution in [2.45, 2.75) is 30.5 Å². The fourth-order valence-corrected chi connectivity index (χ4v) is 4.29. The van der Waals surface area contributed by atoms with E-state index < -0.39 is 38.6 Å². The van der Waals surface area contributed by atoms with Crippen LogP contribution in [0.3, 0.4) is 0 Å². The average Bonchev–Trinajstić information content (AvgIpc) is 3.14. The number of alkyl halides is 3. The first-order valence-electron chi connectivity index (χ1n) is 8.93. The van der Waals surface area contributed by atoms with E-state index in [2.05, 4.69) is 5.32 Å². The Morgan fingerprint density at radius 1 is 1.13 bits per heavy atom. The topological polar surface area (TPSA) is 93.7 Å². The number of carbonyl (C=O) groups is 1. The molecule has 162 valence electrons. The molecule has 11 heteroatoms. The minimum absolute atomic E-state index is 0.143. The van der Waals surface area contributed by atoms with Gasteiger partial charge in [0.15, 0.2) is 11.5 Å². The molecule has 2 N–H and O–H groups in total.